The van der Waals surface area contributed by atoms with Crippen LogP contribution < -0.4 is 14.2 Å². The van der Waals surface area contributed by atoms with Gasteiger partial charge in [0.2, 0.25) is 0 Å². The molecule has 200 valence electrons. The highest BCUT2D eigenvalue weighted by Gasteiger charge is 2.46. The van der Waals surface area contributed by atoms with E-state index < -0.39 is 17.7 Å². The second-order valence-electron chi connectivity index (χ2n) is 9.25. The fourth-order valence-electron chi connectivity index (χ4n) is 4.76. The van der Waals surface area contributed by atoms with Gasteiger partial charge in [0, 0.05) is 18.7 Å². The molecule has 1 amide bonds. The molecule has 0 saturated carbocycles. The van der Waals surface area contributed by atoms with Crippen molar-refractivity contribution in [3.05, 3.63) is 58.7 Å². The van der Waals surface area contributed by atoms with Crippen LogP contribution in [0.3, 0.4) is 0 Å². The van der Waals surface area contributed by atoms with E-state index in [0.29, 0.717) is 41.5 Å². The molecule has 1 fully saturated rings. The average molecular weight is 511 g/mol. The zero-order valence-corrected chi connectivity index (χ0v) is 22.8. The number of aliphatic hydroxyl groups is 1. The number of carbonyl (C=O) groups is 2. The summed E-state index contributed by atoms with van der Waals surface area (Å²) >= 11 is 0. The molecule has 1 atom stereocenters. The third-order valence-corrected chi connectivity index (χ3v) is 6.94. The number of Topliss-reactive ketones (excluding diaryl/α,β-unsaturated/α-hetero) is 1. The first-order valence-corrected chi connectivity index (χ1v) is 12.6. The SMILES string of the molecule is CCN(CC)CCN1C(=O)C(=O)/C(=C(/O)c2ccc(OC)c(C(C)C)c2)C1c1ccc(OC)c(OC)c1. The summed E-state index contributed by atoms with van der Waals surface area (Å²) in [6.45, 7) is 10.7. The molecule has 0 bridgehead atoms. The predicted molar refractivity (Wildman–Crippen MR) is 143 cm³/mol. The lowest BCUT2D eigenvalue weighted by Gasteiger charge is -2.28. The number of carbonyl (C=O) groups excluding carboxylic acids is 2. The summed E-state index contributed by atoms with van der Waals surface area (Å²) < 4.78 is 16.3. The number of amides is 1. The van der Waals surface area contributed by atoms with Crippen LogP contribution in [0.25, 0.3) is 5.76 Å². The maximum atomic E-state index is 13.4. The maximum absolute atomic E-state index is 13.4. The number of ketones is 1. The van der Waals surface area contributed by atoms with Gasteiger partial charge in [-0.25, -0.2) is 0 Å². The van der Waals surface area contributed by atoms with Crippen LogP contribution in [-0.4, -0.2) is 74.1 Å². The first kappa shape index (κ1) is 28.1. The number of ether oxygens (including phenoxy) is 3. The Kier molecular flexibility index (Phi) is 9.21. The van der Waals surface area contributed by atoms with Gasteiger partial charge in [-0.2, -0.15) is 0 Å². The molecule has 1 heterocycles. The summed E-state index contributed by atoms with van der Waals surface area (Å²) in [6.07, 6.45) is 0. The van der Waals surface area contributed by atoms with Crippen molar-refractivity contribution >= 4 is 17.4 Å². The Bertz CT molecular complexity index is 1170. The van der Waals surface area contributed by atoms with E-state index in [0.717, 1.165) is 18.7 Å². The lowest BCUT2D eigenvalue weighted by Crippen LogP contribution is -2.38. The van der Waals surface area contributed by atoms with Crippen molar-refractivity contribution < 1.29 is 28.9 Å². The second kappa shape index (κ2) is 12.1. The van der Waals surface area contributed by atoms with Crippen LogP contribution in [0.5, 0.6) is 17.2 Å². The third-order valence-electron chi connectivity index (χ3n) is 6.94. The van der Waals surface area contributed by atoms with Crippen molar-refractivity contribution in [2.75, 3.05) is 47.5 Å². The van der Waals surface area contributed by atoms with Crippen molar-refractivity contribution in [1.82, 2.24) is 9.80 Å². The molecule has 1 N–H and O–H groups in total. The van der Waals surface area contributed by atoms with Crippen molar-refractivity contribution in [3.8, 4) is 17.2 Å². The fraction of sp³-hybridized carbons (Fsp3) is 0.448. The molecule has 3 rings (SSSR count). The first-order valence-electron chi connectivity index (χ1n) is 12.6. The Hall–Kier alpha value is -3.52. The number of likely N-dealkylation sites (tertiary alicyclic amines) is 1. The summed E-state index contributed by atoms with van der Waals surface area (Å²) in [5, 5.41) is 11.5. The molecule has 8 heteroatoms. The van der Waals surface area contributed by atoms with Crippen LogP contribution in [-0.2, 0) is 9.59 Å². The second-order valence-corrected chi connectivity index (χ2v) is 9.25. The Balaban J connectivity index is 2.20. The van der Waals surface area contributed by atoms with E-state index in [1.54, 1.807) is 49.5 Å². The number of benzene rings is 2. The molecule has 0 aromatic heterocycles. The van der Waals surface area contributed by atoms with Gasteiger partial charge in [-0.15, -0.1) is 0 Å². The Morgan fingerprint density at radius 3 is 2.14 bits per heavy atom. The molecule has 1 saturated heterocycles. The zero-order valence-electron chi connectivity index (χ0n) is 22.8. The van der Waals surface area contributed by atoms with E-state index in [2.05, 4.69) is 18.7 Å². The number of hydrogen-bond donors (Lipinski definition) is 1. The number of nitrogens with zero attached hydrogens (tertiary/aromatic N) is 2. The average Bonchev–Trinajstić information content (AvgIpc) is 3.17. The lowest BCUT2D eigenvalue weighted by molar-refractivity contribution is -0.140. The minimum Gasteiger partial charge on any atom is -0.507 e. The molecule has 0 radical (unpaired) electrons. The van der Waals surface area contributed by atoms with Gasteiger partial charge in [0.1, 0.15) is 11.5 Å². The first-order chi connectivity index (χ1) is 17.7. The number of aliphatic hydroxyl groups excluding tert-OH is 1. The van der Waals surface area contributed by atoms with Gasteiger partial charge in [0.25, 0.3) is 11.7 Å². The van der Waals surface area contributed by atoms with Gasteiger partial charge in [-0.1, -0.05) is 33.8 Å². The van der Waals surface area contributed by atoms with Crippen LogP contribution in [0, 0.1) is 0 Å². The highest BCUT2D eigenvalue weighted by Crippen LogP contribution is 2.42. The lowest BCUT2D eigenvalue weighted by atomic mass is 9.93. The zero-order chi connectivity index (χ0) is 27.3. The van der Waals surface area contributed by atoms with Crippen LogP contribution in [0.4, 0.5) is 0 Å². The van der Waals surface area contributed by atoms with Crippen LogP contribution in [0.15, 0.2) is 42.0 Å². The van der Waals surface area contributed by atoms with Gasteiger partial charge in [0.15, 0.2) is 11.5 Å². The van der Waals surface area contributed by atoms with E-state index in [1.165, 1.54) is 7.11 Å². The molecule has 1 aliphatic heterocycles. The molecular formula is C29H38N2O6. The van der Waals surface area contributed by atoms with Gasteiger partial charge < -0.3 is 29.1 Å². The summed E-state index contributed by atoms with van der Waals surface area (Å²) in [7, 11) is 4.67. The molecule has 37 heavy (non-hydrogen) atoms. The largest absolute Gasteiger partial charge is 0.507 e. The van der Waals surface area contributed by atoms with E-state index in [9.17, 15) is 14.7 Å². The van der Waals surface area contributed by atoms with Crippen molar-refractivity contribution in [1.29, 1.82) is 0 Å². The number of hydrogen-bond acceptors (Lipinski definition) is 7. The highest BCUT2D eigenvalue weighted by atomic mass is 16.5. The summed E-state index contributed by atoms with van der Waals surface area (Å²) in [6, 6.07) is 9.79. The fourth-order valence-corrected chi connectivity index (χ4v) is 4.76. The van der Waals surface area contributed by atoms with Crippen molar-refractivity contribution in [2.45, 2.75) is 39.7 Å². The molecular weight excluding hydrogens is 472 g/mol. The minimum atomic E-state index is -0.778. The highest BCUT2D eigenvalue weighted by molar-refractivity contribution is 6.46. The number of rotatable bonds is 11. The van der Waals surface area contributed by atoms with E-state index in [4.69, 9.17) is 14.2 Å². The van der Waals surface area contributed by atoms with Gasteiger partial charge in [-0.05, 0) is 60.5 Å². The predicted octanol–water partition coefficient (Wildman–Crippen LogP) is 4.60. The molecule has 1 unspecified atom stereocenters. The molecule has 8 nitrogen and oxygen atoms in total. The minimum absolute atomic E-state index is 0.0524. The quantitative estimate of drug-likeness (QED) is 0.269. The standard InChI is InChI=1S/C29H38N2O6/c1-8-30(9-2)14-15-31-26(19-10-13-23(36-6)24(17-19)37-7)25(28(33)29(31)34)27(32)20-11-12-22(35-5)21(16-20)18(3)4/h10-13,16-18,26,32H,8-9,14-15H2,1-7H3/b27-25+. The van der Waals surface area contributed by atoms with Crippen LogP contribution >= 0.6 is 0 Å². The Morgan fingerprint density at radius 2 is 1.57 bits per heavy atom. The van der Waals surface area contributed by atoms with Crippen LogP contribution in [0.1, 0.15) is 56.3 Å². The molecule has 1 aliphatic rings. The maximum Gasteiger partial charge on any atom is 0.295 e. The monoisotopic (exact) mass is 510 g/mol. The molecule has 2 aromatic rings. The van der Waals surface area contributed by atoms with E-state index >= 15 is 0 Å². The summed E-state index contributed by atoms with van der Waals surface area (Å²) in [4.78, 5) is 30.5. The number of likely N-dealkylation sites (N-methyl/N-ethyl adjacent to an activating group) is 1. The third kappa shape index (κ3) is 5.59. The summed E-state index contributed by atoms with van der Waals surface area (Å²) in [5.41, 5.74) is 2.05. The van der Waals surface area contributed by atoms with E-state index in [1.807, 2.05) is 19.9 Å². The van der Waals surface area contributed by atoms with Crippen molar-refractivity contribution in [3.63, 3.8) is 0 Å². The smallest absolute Gasteiger partial charge is 0.295 e. The van der Waals surface area contributed by atoms with E-state index in [-0.39, 0.29) is 17.3 Å². The van der Waals surface area contributed by atoms with Gasteiger partial charge in [0.05, 0.1) is 32.9 Å². The molecule has 0 spiro atoms. The van der Waals surface area contributed by atoms with Crippen LogP contribution in [0.2, 0.25) is 0 Å². The normalized spacial score (nSPS) is 17.1. The van der Waals surface area contributed by atoms with Gasteiger partial charge in [-0.3, -0.25) is 9.59 Å². The molecule has 0 aliphatic carbocycles. The Labute approximate surface area is 219 Å². The molecule has 2 aromatic carbocycles. The Morgan fingerprint density at radius 1 is 0.946 bits per heavy atom. The topological polar surface area (TPSA) is 88.5 Å². The van der Waals surface area contributed by atoms with Gasteiger partial charge >= 0.3 is 0 Å². The summed E-state index contributed by atoms with van der Waals surface area (Å²) in [5.74, 6) is 0.269. The van der Waals surface area contributed by atoms with Crippen molar-refractivity contribution in [2.24, 2.45) is 0 Å². The number of methoxy groups -OCH3 is 3.